The summed E-state index contributed by atoms with van der Waals surface area (Å²) in [6, 6.07) is 64.5. The van der Waals surface area contributed by atoms with Gasteiger partial charge in [0.05, 0.1) is 11.0 Å². The van der Waals surface area contributed by atoms with E-state index in [0.29, 0.717) is 0 Å². The van der Waals surface area contributed by atoms with Crippen molar-refractivity contribution in [3.63, 3.8) is 0 Å². The fourth-order valence-corrected chi connectivity index (χ4v) is 7.88. The lowest BCUT2D eigenvalue weighted by molar-refractivity contribution is 1.18. The first-order valence-electron chi connectivity index (χ1n) is 16.3. The summed E-state index contributed by atoms with van der Waals surface area (Å²) < 4.78 is 2.41. The first kappa shape index (κ1) is 26.1. The Morgan fingerprint density at radius 3 is 1.49 bits per heavy atom. The van der Waals surface area contributed by atoms with Crippen LogP contribution in [0.3, 0.4) is 0 Å². The predicted octanol–water partition coefficient (Wildman–Crippen LogP) is 12.7. The Balaban J connectivity index is 1.29. The highest BCUT2D eigenvalue weighted by Crippen LogP contribution is 2.46. The summed E-state index contributed by atoms with van der Waals surface area (Å²) in [6.45, 7) is 0. The number of hydrogen-bond acceptors (Lipinski definition) is 0. The van der Waals surface area contributed by atoms with Crippen molar-refractivity contribution >= 4 is 54.1 Å². The van der Waals surface area contributed by atoms with E-state index in [-0.39, 0.29) is 0 Å². The number of fused-ring (bicyclic) bond motifs is 3. The van der Waals surface area contributed by atoms with Crippen LogP contribution in [-0.2, 0) is 0 Å². The molecule has 0 aliphatic rings. The zero-order valence-electron chi connectivity index (χ0n) is 25.7. The van der Waals surface area contributed by atoms with Gasteiger partial charge in [-0.2, -0.15) is 0 Å². The van der Waals surface area contributed by atoms with Crippen LogP contribution >= 0.6 is 0 Å². The van der Waals surface area contributed by atoms with Crippen LogP contribution in [0.2, 0.25) is 0 Å². The fraction of sp³-hybridized carbons (Fsp3) is 0. The topological polar surface area (TPSA) is 4.93 Å². The van der Waals surface area contributed by atoms with Gasteiger partial charge in [-0.25, -0.2) is 0 Å². The van der Waals surface area contributed by atoms with Gasteiger partial charge in [-0.1, -0.05) is 146 Å². The minimum Gasteiger partial charge on any atom is -0.309 e. The van der Waals surface area contributed by atoms with Gasteiger partial charge in [0.15, 0.2) is 0 Å². The average molecular weight is 596 g/mol. The maximum atomic E-state index is 2.42. The molecule has 0 aliphatic heterocycles. The maximum Gasteiger partial charge on any atom is 0.0541 e. The van der Waals surface area contributed by atoms with Crippen molar-refractivity contribution in [2.75, 3.05) is 0 Å². The molecule has 0 spiro atoms. The molecule has 0 fully saturated rings. The molecule has 218 valence electrons. The van der Waals surface area contributed by atoms with Gasteiger partial charge in [0, 0.05) is 16.5 Å². The molecule has 0 aliphatic carbocycles. The molecule has 0 atom stereocenters. The molecule has 0 radical (unpaired) electrons. The van der Waals surface area contributed by atoms with Gasteiger partial charge in [-0.15, -0.1) is 0 Å². The van der Waals surface area contributed by atoms with Crippen molar-refractivity contribution in [3.05, 3.63) is 176 Å². The smallest absolute Gasteiger partial charge is 0.0541 e. The second-order valence-electron chi connectivity index (χ2n) is 12.5. The summed E-state index contributed by atoms with van der Waals surface area (Å²) >= 11 is 0. The van der Waals surface area contributed by atoms with Gasteiger partial charge in [0.1, 0.15) is 0 Å². The summed E-state index contributed by atoms with van der Waals surface area (Å²) in [6.07, 6.45) is 0. The number of hydrogen-bond donors (Lipinski definition) is 0. The Bertz CT molecular complexity index is 2720. The van der Waals surface area contributed by atoms with E-state index in [2.05, 4.69) is 180 Å². The van der Waals surface area contributed by atoms with E-state index in [0.717, 1.165) is 0 Å². The van der Waals surface area contributed by atoms with Crippen LogP contribution in [0.4, 0.5) is 0 Å². The molecule has 0 unspecified atom stereocenters. The number of benzene rings is 9. The molecule has 0 saturated heterocycles. The van der Waals surface area contributed by atoms with Gasteiger partial charge in [-0.3, -0.25) is 0 Å². The monoisotopic (exact) mass is 595 g/mol. The highest BCUT2D eigenvalue weighted by Gasteiger charge is 2.19. The molecule has 0 bridgehead atoms. The fourth-order valence-electron chi connectivity index (χ4n) is 7.88. The highest BCUT2D eigenvalue weighted by molar-refractivity contribution is 6.30. The van der Waals surface area contributed by atoms with Crippen LogP contribution in [0, 0.1) is 0 Å². The predicted molar refractivity (Wildman–Crippen MR) is 201 cm³/mol. The van der Waals surface area contributed by atoms with E-state index >= 15 is 0 Å². The van der Waals surface area contributed by atoms with Gasteiger partial charge in [0.25, 0.3) is 0 Å². The minimum absolute atomic E-state index is 1.17. The van der Waals surface area contributed by atoms with Gasteiger partial charge in [-0.05, 0) is 96.0 Å². The van der Waals surface area contributed by atoms with E-state index in [1.807, 2.05) is 0 Å². The molecule has 0 saturated carbocycles. The molecule has 9 aromatic carbocycles. The lowest BCUT2D eigenvalue weighted by Crippen LogP contribution is -1.95. The molecule has 0 N–H and O–H groups in total. The van der Waals surface area contributed by atoms with Crippen molar-refractivity contribution in [2.24, 2.45) is 0 Å². The SMILES string of the molecule is c1ccc(-c2ccc3ccc4c(-c5ccccc5)cc(-c5cccc(-n6c7ccccc7c7ccccc76)c5)c5ccc2c3c45)cc1. The number of para-hydroxylation sites is 2. The second kappa shape index (κ2) is 10.2. The van der Waals surface area contributed by atoms with E-state index in [4.69, 9.17) is 0 Å². The molecule has 1 nitrogen and oxygen atoms in total. The van der Waals surface area contributed by atoms with Gasteiger partial charge >= 0.3 is 0 Å². The number of rotatable bonds is 4. The summed E-state index contributed by atoms with van der Waals surface area (Å²) in [7, 11) is 0. The summed E-state index contributed by atoms with van der Waals surface area (Å²) in [4.78, 5) is 0. The summed E-state index contributed by atoms with van der Waals surface area (Å²) in [5, 5.41) is 10.3. The Kier molecular flexibility index (Phi) is 5.64. The first-order chi connectivity index (χ1) is 23.3. The number of nitrogens with zero attached hydrogens (tertiary/aromatic N) is 1. The van der Waals surface area contributed by atoms with Crippen LogP contribution in [0.5, 0.6) is 0 Å². The van der Waals surface area contributed by atoms with Crippen molar-refractivity contribution < 1.29 is 0 Å². The minimum atomic E-state index is 1.17. The Labute approximate surface area is 272 Å². The van der Waals surface area contributed by atoms with E-state index in [1.165, 1.54) is 93.2 Å². The normalized spacial score (nSPS) is 11.8. The van der Waals surface area contributed by atoms with Crippen LogP contribution in [0.25, 0.3) is 93.2 Å². The van der Waals surface area contributed by atoms with Crippen LogP contribution < -0.4 is 0 Å². The molecular formula is C46H29N. The van der Waals surface area contributed by atoms with Crippen molar-refractivity contribution in [2.45, 2.75) is 0 Å². The molecule has 1 heterocycles. The third-order valence-corrected chi connectivity index (χ3v) is 9.95. The van der Waals surface area contributed by atoms with Crippen LogP contribution in [0.15, 0.2) is 176 Å². The molecule has 10 rings (SSSR count). The largest absolute Gasteiger partial charge is 0.309 e. The first-order valence-corrected chi connectivity index (χ1v) is 16.3. The average Bonchev–Trinajstić information content (AvgIpc) is 3.49. The van der Waals surface area contributed by atoms with Crippen molar-refractivity contribution in [3.8, 4) is 39.1 Å². The van der Waals surface area contributed by atoms with Gasteiger partial charge < -0.3 is 4.57 Å². The second-order valence-corrected chi connectivity index (χ2v) is 12.5. The third kappa shape index (κ3) is 3.90. The standard InChI is InChI=1S/C46H29N/c1-3-12-30(13-4-1)35-24-22-32-23-25-39-41(31-14-5-2-6-15-31)29-42(40-27-26-38(35)45(32)46(39)40)33-16-11-17-34(28-33)47-43-20-9-7-18-36(43)37-19-8-10-21-44(37)47/h1-29H. The lowest BCUT2D eigenvalue weighted by atomic mass is 9.84. The van der Waals surface area contributed by atoms with Crippen molar-refractivity contribution in [1.82, 2.24) is 4.57 Å². The maximum absolute atomic E-state index is 2.42. The van der Waals surface area contributed by atoms with Gasteiger partial charge in [0.2, 0.25) is 0 Å². The molecule has 47 heavy (non-hydrogen) atoms. The molecule has 10 aromatic rings. The van der Waals surface area contributed by atoms with E-state index in [9.17, 15) is 0 Å². The molecular weight excluding hydrogens is 567 g/mol. The molecule has 1 heteroatoms. The number of aromatic nitrogens is 1. The third-order valence-electron chi connectivity index (χ3n) is 9.95. The molecule has 0 amide bonds. The Morgan fingerprint density at radius 1 is 0.298 bits per heavy atom. The zero-order valence-corrected chi connectivity index (χ0v) is 25.7. The Morgan fingerprint density at radius 2 is 0.809 bits per heavy atom. The van der Waals surface area contributed by atoms with E-state index < -0.39 is 0 Å². The molecule has 1 aromatic heterocycles. The Hall–Kier alpha value is -6.18. The lowest BCUT2D eigenvalue weighted by Gasteiger charge is -2.20. The quantitative estimate of drug-likeness (QED) is 0.178. The van der Waals surface area contributed by atoms with Crippen LogP contribution in [0.1, 0.15) is 0 Å². The summed E-state index contributed by atoms with van der Waals surface area (Å²) in [5.41, 5.74) is 11.1. The summed E-state index contributed by atoms with van der Waals surface area (Å²) in [5.74, 6) is 0. The van der Waals surface area contributed by atoms with Crippen LogP contribution in [-0.4, -0.2) is 4.57 Å². The van der Waals surface area contributed by atoms with Crippen molar-refractivity contribution in [1.29, 1.82) is 0 Å². The highest BCUT2D eigenvalue weighted by atomic mass is 15.0. The zero-order chi connectivity index (χ0) is 30.9. The van der Waals surface area contributed by atoms with E-state index in [1.54, 1.807) is 0 Å².